The summed E-state index contributed by atoms with van der Waals surface area (Å²) in [4.78, 5) is 15.6. The molecule has 0 radical (unpaired) electrons. The van der Waals surface area contributed by atoms with Gasteiger partial charge in [-0.15, -0.1) is 11.8 Å². The lowest BCUT2D eigenvalue weighted by atomic mass is 10.1. The second-order valence-corrected chi connectivity index (χ2v) is 6.41. The van der Waals surface area contributed by atoms with E-state index in [1.54, 1.807) is 16.7 Å². The van der Waals surface area contributed by atoms with Crippen molar-refractivity contribution in [1.29, 1.82) is 0 Å². The highest BCUT2D eigenvalue weighted by molar-refractivity contribution is 7.98. The molecule has 1 aliphatic rings. The van der Waals surface area contributed by atoms with E-state index in [0.717, 1.165) is 33.1 Å². The van der Waals surface area contributed by atoms with E-state index in [1.165, 1.54) is 0 Å². The summed E-state index contributed by atoms with van der Waals surface area (Å²) in [6, 6.07) is 11.8. The first-order chi connectivity index (χ1) is 11.1. The minimum atomic E-state index is 0.0241. The molecule has 0 unspecified atom stereocenters. The molecule has 0 N–H and O–H groups in total. The Morgan fingerprint density at radius 3 is 2.74 bits per heavy atom. The Balaban J connectivity index is 1.77. The molecule has 2 aromatic rings. The van der Waals surface area contributed by atoms with E-state index >= 15 is 0 Å². The topological polar surface area (TPSA) is 38.8 Å². The minimum Gasteiger partial charge on any atom is -0.454 e. The fourth-order valence-electron chi connectivity index (χ4n) is 2.55. The number of nitrogens with zero attached hydrogens (tertiary/aromatic N) is 1. The molecule has 23 heavy (non-hydrogen) atoms. The first-order valence-corrected chi connectivity index (χ1v) is 8.59. The number of thioether (sulfide) groups is 1. The predicted octanol–water partition coefficient (Wildman–Crippen LogP) is 3.72. The zero-order valence-corrected chi connectivity index (χ0v) is 14.3. The Bertz CT molecular complexity index is 745. The number of fused-ring (bicyclic) bond motifs is 1. The van der Waals surface area contributed by atoms with Gasteiger partial charge in [-0.3, -0.25) is 4.79 Å². The van der Waals surface area contributed by atoms with E-state index in [2.05, 4.69) is 0 Å². The molecular formula is C18H19NO3S. The van der Waals surface area contributed by atoms with Crippen LogP contribution in [-0.4, -0.2) is 30.9 Å². The molecule has 1 aliphatic heterocycles. The first-order valence-electron chi connectivity index (χ1n) is 7.37. The highest BCUT2D eigenvalue weighted by Gasteiger charge is 2.17. The number of aryl methyl sites for hydroxylation is 1. The maximum absolute atomic E-state index is 12.7. The van der Waals surface area contributed by atoms with E-state index in [-0.39, 0.29) is 12.7 Å². The largest absolute Gasteiger partial charge is 0.454 e. The molecule has 120 valence electrons. The van der Waals surface area contributed by atoms with Crippen molar-refractivity contribution in [3.63, 3.8) is 0 Å². The molecular weight excluding hydrogens is 310 g/mol. The van der Waals surface area contributed by atoms with Crippen LogP contribution in [0.4, 0.5) is 0 Å². The molecule has 0 aromatic heterocycles. The summed E-state index contributed by atoms with van der Waals surface area (Å²) in [6.45, 7) is 2.75. The van der Waals surface area contributed by atoms with E-state index in [9.17, 15) is 4.79 Å². The van der Waals surface area contributed by atoms with Crippen molar-refractivity contribution in [1.82, 2.24) is 4.90 Å². The van der Waals surface area contributed by atoms with Gasteiger partial charge in [-0.2, -0.15) is 0 Å². The zero-order valence-electron chi connectivity index (χ0n) is 13.5. The molecule has 0 bridgehead atoms. The fourth-order valence-corrected chi connectivity index (χ4v) is 2.99. The summed E-state index contributed by atoms with van der Waals surface area (Å²) < 4.78 is 10.7. The lowest BCUT2D eigenvalue weighted by Gasteiger charge is -2.19. The second kappa shape index (κ2) is 6.54. The van der Waals surface area contributed by atoms with Gasteiger partial charge in [0.2, 0.25) is 6.79 Å². The van der Waals surface area contributed by atoms with Crippen LogP contribution in [0.2, 0.25) is 0 Å². The van der Waals surface area contributed by atoms with Crippen LogP contribution in [0.3, 0.4) is 0 Å². The molecule has 3 rings (SSSR count). The van der Waals surface area contributed by atoms with E-state index in [0.29, 0.717) is 6.54 Å². The average molecular weight is 329 g/mol. The molecule has 1 amide bonds. The first kappa shape index (κ1) is 15.7. The summed E-state index contributed by atoms with van der Waals surface area (Å²) in [5, 5.41) is 0. The number of carbonyl (C=O) groups excluding carboxylic acids is 1. The molecule has 0 fully saturated rings. The molecule has 0 saturated carbocycles. The van der Waals surface area contributed by atoms with Crippen LogP contribution in [0.1, 0.15) is 21.5 Å². The van der Waals surface area contributed by atoms with Crippen molar-refractivity contribution >= 4 is 17.7 Å². The zero-order chi connectivity index (χ0) is 16.4. The SMILES string of the molecule is CSc1ccc(C)c(C(=O)N(C)Cc2ccc3c(c2)OCO3)c1. The maximum Gasteiger partial charge on any atom is 0.254 e. The second-order valence-electron chi connectivity index (χ2n) is 5.53. The van der Waals surface area contributed by atoms with Gasteiger partial charge in [0, 0.05) is 24.1 Å². The molecule has 0 atom stereocenters. The molecule has 4 nitrogen and oxygen atoms in total. The van der Waals surface area contributed by atoms with Crippen LogP contribution in [-0.2, 0) is 6.54 Å². The lowest BCUT2D eigenvalue weighted by molar-refractivity contribution is 0.0784. The standard InChI is InChI=1S/C18H19NO3S/c1-12-4-6-14(23-3)9-15(12)18(20)19(2)10-13-5-7-16-17(8-13)22-11-21-16/h4-9H,10-11H2,1-3H3. The molecule has 0 spiro atoms. The Labute approximate surface area is 140 Å². The van der Waals surface area contributed by atoms with Gasteiger partial charge in [0.05, 0.1) is 0 Å². The van der Waals surface area contributed by atoms with Gasteiger partial charge in [0.15, 0.2) is 11.5 Å². The summed E-state index contributed by atoms with van der Waals surface area (Å²) in [5.74, 6) is 1.52. The lowest BCUT2D eigenvalue weighted by Crippen LogP contribution is -2.26. The molecule has 2 aromatic carbocycles. The Morgan fingerprint density at radius 2 is 1.96 bits per heavy atom. The van der Waals surface area contributed by atoms with Gasteiger partial charge in [-0.1, -0.05) is 12.1 Å². The summed E-state index contributed by atoms with van der Waals surface area (Å²) in [6.07, 6.45) is 2.01. The van der Waals surface area contributed by atoms with Crippen molar-refractivity contribution < 1.29 is 14.3 Å². The van der Waals surface area contributed by atoms with Gasteiger partial charge in [0.25, 0.3) is 5.91 Å². The Morgan fingerprint density at radius 1 is 1.17 bits per heavy atom. The number of benzene rings is 2. The van der Waals surface area contributed by atoms with Crippen molar-refractivity contribution in [3.05, 3.63) is 53.1 Å². The van der Waals surface area contributed by atoms with Gasteiger partial charge in [-0.25, -0.2) is 0 Å². The summed E-state index contributed by atoms with van der Waals surface area (Å²) >= 11 is 1.64. The molecule has 0 saturated heterocycles. The monoisotopic (exact) mass is 329 g/mol. The van der Waals surface area contributed by atoms with Gasteiger partial charge in [-0.05, 0) is 48.6 Å². The highest BCUT2D eigenvalue weighted by Crippen LogP contribution is 2.32. The van der Waals surface area contributed by atoms with E-state index in [1.807, 2.05) is 56.6 Å². The average Bonchev–Trinajstić information content (AvgIpc) is 3.02. The van der Waals surface area contributed by atoms with Crippen LogP contribution >= 0.6 is 11.8 Å². The third-order valence-electron chi connectivity index (χ3n) is 3.88. The third kappa shape index (κ3) is 3.29. The Hall–Kier alpha value is -2.14. The minimum absolute atomic E-state index is 0.0241. The van der Waals surface area contributed by atoms with Crippen molar-refractivity contribution in [2.75, 3.05) is 20.1 Å². The maximum atomic E-state index is 12.7. The molecule has 1 heterocycles. The fraction of sp³-hybridized carbons (Fsp3) is 0.278. The predicted molar refractivity (Wildman–Crippen MR) is 91.3 cm³/mol. The van der Waals surface area contributed by atoms with Crippen LogP contribution in [0.5, 0.6) is 11.5 Å². The van der Waals surface area contributed by atoms with Gasteiger partial charge in [0.1, 0.15) is 0 Å². The number of carbonyl (C=O) groups is 1. The summed E-state index contributed by atoms with van der Waals surface area (Å²) in [5.41, 5.74) is 2.76. The van der Waals surface area contributed by atoms with Gasteiger partial charge < -0.3 is 14.4 Å². The van der Waals surface area contributed by atoms with Crippen LogP contribution < -0.4 is 9.47 Å². The number of hydrogen-bond acceptors (Lipinski definition) is 4. The summed E-state index contributed by atoms with van der Waals surface area (Å²) in [7, 11) is 1.82. The van der Waals surface area contributed by atoms with Crippen LogP contribution in [0.25, 0.3) is 0 Å². The smallest absolute Gasteiger partial charge is 0.254 e. The molecule has 0 aliphatic carbocycles. The molecule has 5 heteroatoms. The number of amides is 1. The quantitative estimate of drug-likeness (QED) is 0.802. The highest BCUT2D eigenvalue weighted by atomic mass is 32.2. The third-order valence-corrected chi connectivity index (χ3v) is 4.60. The van der Waals surface area contributed by atoms with Crippen molar-refractivity contribution in [2.45, 2.75) is 18.4 Å². The number of rotatable bonds is 4. The van der Waals surface area contributed by atoms with Crippen molar-refractivity contribution in [3.8, 4) is 11.5 Å². The van der Waals surface area contributed by atoms with Crippen molar-refractivity contribution in [2.24, 2.45) is 0 Å². The normalized spacial score (nSPS) is 12.3. The number of hydrogen-bond donors (Lipinski definition) is 0. The van der Waals surface area contributed by atoms with E-state index in [4.69, 9.17) is 9.47 Å². The van der Waals surface area contributed by atoms with E-state index < -0.39 is 0 Å². The Kier molecular flexibility index (Phi) is 4.48. The van der Waals surface area contributed by atoms with Gasteiger partial charge >= 0.3 is 0 Å². The van der Waals surface area contributed by atoms with Crippen LogP contribution in [0, 0.1) is 6.92 Å². The van der Waals surface area contributed by atoms with Crippen LogP contribution in [0.15, 0.2) is 41.3 Å². The number of ether oxygens (including phenoxy) is 2.